The summed E-state index contributed by atoms with van der Waals surface area (Å²) in [5.41, 5.74) is 2.12. The number of hydrogen-bond acceptors (Lipinski definition) is 6. The van der Waals surface area contributed by atoms with Crippen molar-refractivity contribution in [2.24, 2.45) is 17.8 Å². The van der Waals surface area contributed by atoms with Crippen LogP contribution in [0.5, 0.6) is 5.75 Å². The highest BCUT2D eigenvalue weighted by atomic mass is 16.5. The fourth-order valence-electron chi connectivity index (χ4n) is 7.41. The number of likely N-dealkylation sites (tertiary alicyclic amines) is 1. The molecule has 3 unspecified atom stereocenters. The molecule has 0 spiro atoms. The smallest absolute Gasteiger partial charge is 0.271 e. The van der Waals surface area contributed by atoms with E-state index < -0.39 is 12.1 Å². The van der Waals surface area contributed by atoms with E-state index in [0.29, 0.717) is 31.0 Å². The Kier molecular flexibility index (Phi) is 9.49. The molecular formula is C35H42N4O6. The molecule has 238 valence electrons. The van der Waals surface area contributed by atoms with Gasteiger partial charge in [-0.15, -0.1) is 0 Å². The molecule has 2 saturated heterocycles. The Bertz CT molecular complexity index is 1540. The van der Waals surface area contributed by atoms with Crippen LogP contribution in [0.1, 0.15) is 61.0 Å². The molecule has 10 heteroatoms. The minimum atomic E-state index is -0.904. The van der Waals surface area contributed by atoms with Gasteiger partial charge in [-0.25, -0.2) is 0 Å². The van der Waals surface area contributed by atoms with Crippen molar-refractivity contribution in [3.63, 3.8) is 0 Å². The molecule has 6 rings (SSSR count). The highest BCUT2D eigenvalue weighted by Gasteiger charge is 2.49. The third-order valence-corrected chi connectivity index (χ3v) is 9.72. The van der Waals surface area contributed by atoms with E-state index in [1.807, 2.05) is 48.5 Å². The molecule has 5 atom stereocenters. The number of nitrogens with one attached hydrogen (secondary N) is 3. The Morgan fingerprint density at radius 2 is 1.84 bits per heavy atom. The molecule has 1 aliphatic carbocycles. The van der Waals surface area contributed by atoms with Crippen LogP contribution in [-0.4, -0.2) is 72.3 Å². The molecule has 0 bridgehead atoms. The third-order valence-electron chi connectivity index (χ3n) is 9.72. The highest BCUT2D eigenvalue weighted by molar-refractivity contribution is 6.02. The number of methoxy groups -OCH3 is 1. The van der Waals surface area contributed by atoms with Gasteiger partial charge in [0, 0.05) is 29.9 Å². The number of ketones is 1. The molecule has 1 saturated carbocycles. The lowest BCUT2D eigenvalue weighted by Crippen LogP contribution is -2.54. The minimum absolute atomic E-state index is 0.00433. The topological polar surface area (TPSA) is 130 Å². The maximum atomic E-state index is 14.2. The molecule has 3 amide bonds. The van der Waals surface area contributed by atoms with Crippen molar-refractivity contribution in [1.29, 1.82) is 0 Å². The summed E-state index contributed by atoms with van der Waals surface area (Å²) in [7, 11) is 1.59. The van der Waals surface area contributed by atoms with E-state index in [-0.39, 0.29) is 60.9 Å². The summed E-state index contributed by atoms with van der Waals surface area (Å²) in [4.78, 5) is 59.4. The predicted molar refractivity (Wildman–Crippen MR) is 169 cm³/mol. The van der Waals surface area contributed by atoms with Crippen molar-refractivity contribution in [3.8, 4) is 5.75 Å². The summed E-state index contributed by atoms with van der Waals surface area (Å²) < 4.78 is 11.2. The summed E-state index contributed by atoms with van der Waals surface area (Å²) >= 11 is 0. The van der Waals surface area contributed by atoms with Gasteiger partial charge in [-0.3, -0.25) is 19.2 Å². The number of hydrogen-bond donors (Lipinski definition) is 3. The van der Waals surface area contributed by atoms with Gasteiger partial charge < -0.3 is 30.0 Å². The van der Waals surface area contributed by atoms with Crippen molar-refractivity contribution in [2.75, 3.05) is 26.8 Å². The van der Waals surface area contributed by atoms with Gasteiger partial charge in [-0.1, -0.05) is 49.2 Å². The Balaban J connectivity index is 1.22. The van der Waals surface area contributed by atoms with Gasteiger partial charge in [0.15, 0.2) is 5.78 Å². The van der Waals surface area contributed by atoms with E-state index in [9.17, 15) is 19.2 Å². The first-order valence-corrected chi connectivity index (χ1v) is 16.1. The van der Waals surface area contributed by atoms with Crippen molar-refractivity contribution in [3.05, 3.63) is 65.9 Å². The number of piperidine rings is 1. The van der Waals surface area contributed by atoms with Crippen LogP contribution in [0, 0.1) is 17.8 Å². The van der Waals surface area contributed by atoms with E-state index in [0.717, 1.165) is 48.6 Å². The minimum Gasteiger partial charge on any atom is -0.496 e. The molecule has 2 aromatic carbocycles. The first-order valence-electron chi connectivity index (χ1n) is 16.1. The third kappa shape index (κ3) is 6.76. The summed E-state index contributed by atoms with van der Waals surface area (Å²) in [6.45, 7) is 1.17. The number of amides is 3. The summed E-state index contributed by atoms with van der Waals surface area (Å²) in [5.74, 6) is -0.474. The molecular weight excluding hydrogens is 572 g/mol. The molecule has 3 N–H and O–H groups in total. The first kappa shape index (κ1) is 30.8. The maximum absolute atomic E-state index is 14.2. The summed E-state index contributed by atoms with van der Waals surface area (Å²) in [6, 6.07) is 15.3. The number of nitrogens with zero attached hydrogens (tertiary/aromatic N) is 1. The number of carbonyl (C=O) groups excluding carboxylic acids is 4. The second-order valence-electron chi connectivity index (χ2n) is 12.6. The molecule has 3 heterocycles. The zero-order valence-electron chi connectivity index (χ0n) is 25.8. The number of benzene rings is 2. The molecule has 2 aliphatic heterocycles. The monoisotopic (exact) mass is 614 g/mol. The number of fused-ring (bicyclic) bond motifs is 2. The Morgan fingerprint density at radius 1 is 1.02 bits per heavy atom. The number of Topliss-reactive ketones (excluding diaryl/α,β-unsaturated/α-hetero) is 1. The summed E-state index contributed by atoms with van der Waals surface area (Å²) in [6.07, 6.45) is 5.53. The number of H-pyrrole nitrogens is 1. The van der Waals surface area contributed by atoms with Gasteiger partial charge in [-0.2, -0.15) is 0 Å². The quantitative estimate of drug-likeness (QED) is 0.300. The first-order chi connectivity index (χ1) is 21.9. The number of ether oxygens (including phenoxy) is 2. The molecule has 10 nitrogen and oxygen atoms in total. The van der Waals surface area contributed by atoms with Crippen molar-refractivity contribution in [2.45, 2.75) is 63.6 Å². The lowest BCUT2D eigenvalue weighted by molar-refractivity contribution is -0.135. The lowest BCUT2D eigenvalue weighted by Gasteiger charge is -2.32. The lowest BCUT2D eigenvalue weighted by atomic mass is 9.78. The molecule has 3 aromatic rings. The van der Waals surface area contributed by atoms with E-state index in [1.54, 1.807) is 18.1 Å². The number of aromatic nitrogens is 1. The van der Waals surface area contributed by atoms with Crippen LogP contribution in [0.2, 0.25) is 0 Å². The fraction of sp³-hybridized carbons (Fsp3) is 0.486. The second kappa shape index (κ2) is 13.9. The van der Waals surface area contributed by atoms with Crippen molar-refractivity contribution >= 4 is 34.4 Å². The molecule has 45 heavy (non-hydrogen) atoms. The average molecular weight is 615 g/mol. The highest BCUT2D eigenvalue weighted by Crippen LogP contribution is 2.41. The van der Waals surface area contributed by atoms with E-state index in [2.05, 4.69) is 15.6 Å². The van der Waals surface area contributed by atoms with Crippen LogP contribution in [-0.2, 0) is 25.7 Å². The van der Waals surface area contributed by atoms with Crippen molar-refractivity contribution in [1.82, 2.24) is 20.5 Å². The molecule has 1 aromatic heterocycles. The van der Waals surface area contributed by atoms with Gasteiger partial charge >= 0.3 is 0 Å². The second-order valence-corrected chi connectivity index (χ2v) is 12.6. The molecule has 0 radical (unpaired) electrons. The maximum Gasteiger partial charge on any atom is 0.271 e. The summed E-state index contributed by atoms with van der Waals surface area (Å²) in [5, 5.41) is 6.70. The van der Waals surface area contributed by atoms with Crippen LogP contribution in [0.4, 0.5) is 0 Å². The predicted octanol–water partition coefficient (Wildman–Crippen LogP) is 3.99. The SMILES string of the molecule is COc1cccc2[nH]c(C(=O)N3CC4CCCCC4[C@@H]3C(=O)NC(C[C@@H]3CCCNC3=O)C(=O)COCc3ccccc3)cc12. The van der Waals surface area contributed by atoms with Crippen molar-refractivity contribution < 1.29 is 28.7 Å². The number of rotatable bonds is 11. The van der Waals surface area contributed by atoms with Gasteiger partial charge in [0.1, 0.15) is 24.1 Å². The molecule has 3 fully saturated rings. The van der Waals surface area contributed by atoms with Crippen LogP contribution in [0.25, 0.3) is 10.9 Å². The number of aromatic amines is 1. The standard InChI is InChI=1S/C35H42N4O6/c1-44-31-15-7-14-27-26(31)18-29(37-27)35(43)39-19-24-11-5-6-13-25(24)32(39)34(42)38-28(17-23-12-8-16-36-33(23)41)30(40)21-45-20-22-9-3-2-4-10-22/h2-4,7,9-10,14-15,18,23-25,28,32,37H,5-6,8,11-13,16-17,19-21H2,1H3,(H,36,41)(H,38,42)/t23-,24?,25?,28?,32+/m0/s1. The Morgan fingerprint density at radius 3 is 2.64 bits per heavy atom. The average Bonchev–Trinajstić information content (AvgIpc) is 3.68. The largest absolute Gasteiger partial charge is 0.496 e. The Labute approximate surface area is 263 Å². The zero-order chi connectivity index (χ0) is 31.3. The van der Waals surface area contributed by atoms with E-state index in [4.69, 9.17) is 9.47 Å². The van der Waals surface area contributed by atoms with Gasteiger partial charge in [0.05, 0.1) is 19.8 Å². The van der Waals surface area contributed by atoms with Crippen LogP contribution < -0.4 is 15.4 Å². The number of carbonyl (C=O) groups is 4. The van der Waals surface area contributed by atoms with Gasteiger partial charge in [0.25, 0.3) is 5.91 Å². The zero-order valence-corrected chi connectivity index (χ0v) is 25.8. The van der Waals surface area contributed by atoms with Gasteiger partial charge in [0.2, 0.25) is 11.8 Å². The van der Waals surface area contributed by atoms with Crippen LogP contribution >= 0.6 is 0 Å². The normalized spacial score (nSPS) is 23.7. The van der Waals surface area contributed by atoms with E-state index >= 15 is 0 Å². The van der Waals surface area contributed by atoms with Gasteiger partial charge in [-0.05, 0) is 67.7 Å². The fourth-order valence-corrected chi connectivity index (χ4v) is 7.41. The van der Waals surface area contributed by atoms with Crippen LogP contribution in [0.15, 0.2) is 54.6 Å². The Hall–Kier alpha value is -4.18. The van der Waals surface area contributed by atoms with Crippen LogP contribution in [0.3, 0.4) is 0 Å². The molecule has 3 aliphatic rings. The van der Waals surface area contributed by atoms with E-state index in [1.165, 1.54) is 0 Å².